The molecule has 0 N–H and O–H groups in total. The van der Waals surface area contributed by atoms with Crippen molar-refractivity contribution in [2.45, 2.75) is 33.0 Å². The van der Waals surface area contributed by atoms with Gasteiger partial charge >= 0.3 is 6.09 Å². The molecule has 1 aromatic carbocycles. The summed E-state index contributed by atoms with van der Waals surface area (Å²) in [6.07, 6.45) is -0.221. The first kappa shape index (κ1) is 10.0. The molecule has 0 unspecified atom stereocenters. The molecule has 1 amide bonds. The van der Waals surface area contributed by atoms with Crippen molar-refractivity contribution in [1.82, 2.24) is 4.90 Å². The molecule has 0 fully saturated rings. The van der Waals surface area contributed by atoms with Gasteiger partial charge in [0, 0.05) is 12.6 Å². The highest BCUT2D eigenvalue weighted by Gasteiger charge is 2.23. The Hall–Kier alpha value is -1.51. The summed E-state index contributed by atoms with van der Waals surface area (Å²) >= 11 is 0. The Bertz CT molecular complexity index is 374. The van der Waals surface area contributed by atoms with Gasteiger partial charge in [-0.2, -0.15) is 0 Å². The third kappa shape index (κ3) is 1.96. The smallest absolute Gasteiger partial charge is 0.410 e. The number of rotatable bonds is 1. The predicted octanol–water partition coefficient (Wildman–Crippen LogP) is 2.55. The predicted molar refractivity (Wildman–Crippen MR) is 57.3 cm³/mol. The third-order valence-electron chi connectivity index (χ3n) is 2.67. The molecular formula is C12H15NO2. The van der Waals surface area contributed by atoms with Gasteiger partial charge in [-0.15, -0.1) is 0 Å². The van der Waals surface area contributed by atoms with Crippen LogP contribution in [-0.4, -0.2) is 17.0 Å². The van der Waals surface area contributed by atoms with E-state index in [0.29, 0.717) is 13.2 Å². The van der Waals surface area contributed by atoms with E-state index in [1.54, 1.807) is 4.90 Å². The molecule has 2 rings (SSSR count). The Morgan fingerprint density at radius 2 is 1.93 bits per heavy atom. The lowest BCUT2D eigenvalue weighted by Crippen LogP contribution is -2.35. The zero-order chi connectivity index (χ0) is 10.8. The quantitative estimate of drug-likeness (QED) is 0.705. The van der Waals surface area contributed by atoms with E-state index < -0.39 is 0 Å². The van der Waals surface area contributed by atoms with Crippen molar-refractivity contribution >= 4 is 6.09 Å². The van der Waals surface area contributed by atoms with Gasteiger partial charge in [0.05, 0.1) is 0 Å². The van der Waals surface area contributed by atoms with Gasteiger partial charge in [-0.05, 0) is 25.0 Å². The van der Waals surface area contributed by atoms with E-state index in [9.17, 15) is 4.79 Å². The second kappa shape index (κ2) is 3.93. The maximum atomic E-state index is 11.6. The summed E-state index contributed by atoms with van der Waals surface area (Å²) in [5.74, 6) is 0. The SMILES string of the molecule is CC(C)N1Cc2ccccc2COC1=O. The Morgan fingerprint density at radius 3 is 2.60 bits per heavy atom. The zero-order valence-electron chi connectivity index (χ0n) is 9.06. The first-order chi connectivity index (χ1) is 7.18. The lowest BCUT2D eigenvalue weighted by molar-refractivity contribution is 0.0901. The topological polar surface area (TPSA) is 29.5 Å². The second-order valence-corrected chi connectivity index (χ2v) is 4.04. The van der Waals surface area contributed by atoms with Crippen LogP contribution in [0, 0.1) is 0 Å². The lowest BCUT2D eigenvalue weighted by Gasteiger charge is -2.23. The van der Waals surface area contributed by atoms with Crippen LogP contribution in [0.15, 0.2) is 24.3 Å². The van der Waals surface area contributed by atoms with Gasteiger partial charge in [-0.3, -0.25) is 0 Å². The van der Waals surface area contributed by atoms with Gasteiger partial charge in [-0.1, -0.05) is 24.3 Å². The van der Waals surface area contributed by atoms with Crippen molar-refractivity contribution in [3.63, 3.8) is 0 Å². The molecule has 0 aliphatic carbocycles. The number of carbonyl (C=O) groups excluding carboxylic acids is 1. The van der Waals surface area contributed by atoms with Crippen LogP contribution >= 0.6 is 0 Å². The molecule has 1 aliphatic heterocycles. The van der Waals surface area contributed by atoms with Crippen molar-refractivity contribution in [1.29, 1.82) is 0 Å². The zero-order valence-corrected chi connectivity index (χ0v) is 9.06. The Labute approximate surface area is 89.7 Å². The van der Waals surface area contributed by atoms with E-state index in [1.807, 2.05) is 38.1 Å². The molecule has 0 aromatic heterocycles. The molecule has 1 aromatic rings. The van der Waals surface area contributed by atoms with E-state index in [4.69, 9.17) is 4.74 Å². The van der Waals surface area contributed by atoms with Crippen LogP contribution in [0.4, 0.5) is 4.79 Å². The third-order valence-corrected chi connectivity index (χ3v) is 2.67. The number of benzene rings is 1. The number of cyclic esters (lactones) is 1. The van der Waals surface area contributed by atoms with Crippen molar-refractivity contribution in [2.24, 2.45) is 0 Å². The van der Waals surface area contributed by atoms with Crippen LogP contribution in [0.1, 0.15) is 25.0 Å². The number of carbonyl (C=O) groups is 1. The van der Waals surface area contributed by atoms with Gasteiger partial charge in [-0.25, -0.2) is 4.79 Å². The first-order valence-electron chi connectivity index (χ1n) is 5.18. The van der Waals surface area contributed by atoms with Crippen LogP contribution in [0.3, 0.4) is 0 Å². The van der Waals surface area contributed by atoms with Crippen molar-refractivity contribution in [2.75, 3.05) is 0 Å². The number of hydrogen-bond donors (Lipinski definition) is 0. The minimum absolute atomic E-state index is 0.170. The standard InChI is InChI=1S/C12H15NO2/c1-9(2)13-7-10-5-3-4-6-11(10)8-15-12(13)14/h3-6,9H,7-8H2,1-2H3. The molecule has 1 heterocycles. The van der Waals surface area contributed by atoms with Crippen LogP contribution in [-0.2, 0) is 17.9 Å². The molecule has 15 heavy (non-hydrogen) atoms. The Kier molecular flexibility index (Phi) is 2.62. The average molecular weight is 205 g/mol. The summed E-state index contributed by atoms with van der Waals surface area (Å²) in [6, 6.07) is 8.19. The maximum absolute atomic E-state index is 11.6. The molecule has 0 radical (unpaired) electrons. The minimum Gasteiger partial charge on any atom is -0.445 e. The van der Waals surface area contributed by atoms with Crippen molar-refractivity contribution in [3.8, 4) is 0 Å². The first-order valence-corrected chi connectivity index (χ1v) is 5.18. The summed E-state index contributed by atoms with van der Waals surface area (Å²) in [5.41, 5.74) is 2.28. The molecule has 80 valence electrons. The van der Waals surface area contributed by atoms with E-state index >= 15 is 0 Å². The van der Waals surface area contributed by atoms with Gasteiger partial charge in [0.15, 0.2) is 0 Å². The summed E-state index contributed by atoms with van der Waals surface area (Å²) in [4.78, 5) is 13.4. The number of amides is 1. The Morgan fingerprint density at radius 1 is 1.27 bits per heavy atom. The molecule has 0 saturated carbocycles. The Balaban J connectivity index is 2.31. The van der Waals surface area contributed by atoms with E-state index in [2.05, 4.69) is 0 Å². The van der Waals surface area contributed by atoms with E-state index in [0.717, 1.165) is 5.56 Å². The van der Waals surface area contributed by atoms with Gasteiger partial charge in [0.25, 0.3) is 0 Å². The van der Waals surface area contributed by atoms with Crippen molar-refractivity contribution in [3.05, 3.63) is 35.4 Å². The molecule has 0 atom stereocenters. The number of fused-ring (bicyclic) bond motifs is 1. The highest BCUT2D eigenvalue weighted by molar-refractivity contribution is 5.68. The average Bonchev–Trinajstić information content (AvgIpc) is 2.39. The van der Waals surface area contributed by atoms with Crippen LogP contribution in [0.2, 0.25) is 0 Å². The van der Waals surface area contributed by atoms with E-state index in [1.165, 1.54) is 5.56 Å². The summed E-state index contributed by atoms with van der Waals surface area (Å²) < 4.78 is 5.19. The second-order valence-electron chi connectivity index (χ2n) is 4.04. The largest absolute Gasteiger partial charge is 0.445 e. The summed E-state index contributed by atoms with van der Waals surface area (Å²) in [7, 11) is 0. The van der Waals surface area contributed by atoms with Crippen LogP contribution in [0.5, 0.6) is 0 Å². The van der Waals surface area contributed by atoms with Crippen LogP contribution in [0.25, 0.3) is 0 Å². The molecule has 3 nitrogen and oxygen atoms in total. The molecule has 0 spiro atoms. The number of ether oxygens (including phenoxy) is 1. The summed E-state index contributed by atoms with van der Waals surface area (Å²) in [5, 5.41) is 0. The van der Waals surface area contributed by atoms with Gasteiger partial charge in [0.1, 0.15) is 6.61 Å². The molecule has 0 saturated heterocycles. The molecule has 0 bridgehead atoms. The molecule has 3 heteroatoms. The van der Waals surface area contributed by atoms with Crippen molar-refractivity contribution < 1.29 is 9.53 Å². The van der Waals surface area contributed by atoms with Crippen LogP contribution < -0.4 is 0 Å². The molecular weight excluding hydrogens is 190 g/mol. The fourth-order valence-corrected chi connectivity index (χ4v) is 1.72. The highest BCUT2D eigenvalue weighted by atomic mass is 16.6. The van der Waals surface area contributed by atoms with E-state index in [-0.39, 0.29) is 12.1 Å². The highest BCUT2D eigenvalue weighted by Crippen LogP contribution is 2.19. The maximum Gasteiger partial charge on any atom is 0.410 e. The summed E-state index contributed by atoms with van der Waals surface area (Å²) in [6.45, 7) is 5.02. The fraction of sp³-hybridized carbons (Fsp3) is 0.417. The lowest BCUT2D eigenvalue weighted by atomic mass is 10.1. The minimum atomic E-state index is -0.221. The normalized spacial score (nSPS) is 15.9. The fourth-order valence-electron chi connectivity index (χ4n) is 1.72. The molecule has 1 aliphatic rings. The van der Waals surface area contributed by atoms with Gasteiger partial charge < -0.3 is 9.64 Å². The van der Waals surface area contributed by atoms with Gasteiger partial charge in [0.2, 0.25) is 0 Å². The number of nitrogens with zero attached hydrogens (tertiary/aromatic N) is 1. The number of hydrogen-bond acceptors (Lipinski definition) is 2. The monoisotopic (exact) mass is 205 g/mol.